The zero-order valence-corrected chi connectivity index (χ0v) is 8.56. The molecule has 1 saturated heterocycles. The van der Waals surface area contributed by atoms with Crippen LogP contribution in [0.3, 0.4) is 0 Å². The van der Waals surface area contributed by atoms with E-state index in [9.17, 15) is 9.59 Å². The topological polar surface area (TPSA) is 66.1 Å². The van der Waals surface area contributed by atoms with E-state index in [-0.39, 0.29) is 17.9 Å². The molecule has 1 aliphatic rings. The van der Waals surface area contributed by atoms with Crippen LogP contribution in [0, 0.1) is 0 Å². The maximum atomic E-state index is 11.5. The molecule has 1 aromatic heterocycles. The number of imide groups is 1. The number of hydrogen-bond donors (Lipinski definition) is 1. The van der Waals surface area contributed by atoms with Crippen LogP contribution in [-0.2, 0) is 9.59 Å². The van der Waals surface area contributed by atoms with Crippen molar-refractivity contribution in [1.82, 2.24) is 14.9 Å². The molecule has 80 valence electrons. The Bertz CT molecular complexity index is 356. The summed E-state index contributed by atoms with van der Waals surface area (Å²) in [7, 11) is 0. The number of imidazole rings is 1. The number of carbonyl (C=O) groups is 2. The Kier molecular flexibility index (Phi) is 2.53. The van der Waals surface area contributed by atoms with Crippen molar-refractivity contribution >= 4 is 11.8 Å². The number of amides is 2. The van der Waals surface area contributed by atoms with Crippen LogP contribution in [0.25, 0.3) is 0 Å². The average Bonchev–Trinajstić information content (AvgIpc) is 2.83. The summed E-state index contributed by atoms with van der Waals surface area (Å²) in [5.74, 6) is 0.493. The summed E-state index contributed by atoms with van der Waals surface area (Å²) in [6, 6.07) is -0.234. The van der Waals surface area contributed by atoms with Crippen LogP contribution in [-0.4, -0.2) is 26.7 Å². The lowest BCUT2D eigenvalue weighted by atomic mass is 10.2. The predicted octanol–water partition coefficient (Wildman–Crippen LogP) is 1.01. The third-order valence-electron chi connectivity index (χ3n) is 2.62. The minimum absolute atomic E-state index is 0.0942. The van der Waals surface area contributed by atoms with Crippen molar-refractivity contribution in [3.8, 4) is 0 Å². The zero-order valence-electron chi connectivity index (χ0n) is 8.56. The normalized spacial score (nSPS) is 18.6. The number of aromatic nitrogens is 2. The lowest BCUT2D eigenvalue weighted by molar-refractivity contribution is -0.141. The van der Waals surface area contributed by atoms with E-state index in [0.29, 0.717) is 25.1 Å². The molecule has 5 nitrogen and oxygen atoms in total. The Hall–Kier alpha value is -1.65. The Labute approximate surface area is 87.5 Å². The molecule has 1 atom stereocenters. The highest BCUT2D eigenvalue weighted by molar-refractivity contribution is 6.02. The maximum Gasteiger partial charge on any atom is 0.230 e. The highest BCUT2D eigenvalue weighted by Gasteiger charge is 2.35. The minimum Gasteiger partial charge on any atom is -0.347 e. The van der Waals surface area contributed by atoms with Crippen molar-refractivity contribution in [3.05, 3.63) is 18.2 Å². The van der Waals surface area contributed by atoms with Crippen LogP contribution in [0.2, 0.25) is 0 Å². The lowest BCUT2D eigenvalue weighted by Gasteiger charge is -2.22. The van der Waals surface area contributed by atoms with Gasteiger partial charge in [-0.1, -0.05) is 6.92 Å². The van der Waals surface area contributed by atoms with Crippen LogP contribution in [0.5, 0.6) is 0 Å². The van der Waals surface area contributed by atoms with Crippen molar-refractivity contribution in [2.24, 2.45) is 0 Å². The van der Waals surface area contributed by atoms with Crippen molar-refractivity contribution in [3.63, 3.8) is 0 Å². The molecule has 15 heavy (non-hydrogen) atoms. The smallest absolute Gasteiger partial charge is 0.230 e. The fourth-order valence-electron chi connectivity index (χ4n) is 1.90. The molecule has 5 heteroatoms. The number of carbonyl (C=O) groups excluding carboxylic acids is 2. The summed E-state index contributed by atoms with van der Waals surface area (Å²) in [6.45, 7) is 1.94. The maximum absolute atomic E-state index is 11.5. The highest BCUT2D eigenvalue weighted by Crippen LogP contribution is 2.27. The van der Waals surface area contributed by atoms with Gasteiger partial charge in [-0.05, 0) is 6.42 Å². The van der Waals surface area contributed by atoms with Gasteiger partial charge in [-0.25, -0.2) is 4.98 Å². The third-order valence-corrected chi connectivity index (χ3v) is 2.62. The first-order valence-corrected chi connectivity index (χ1v) is 5.08. The van der Waals surface area contributed by atoms with Gasteiger partial charge in [0.15, 0.2) is 0 Å². The number of nitrogens with one attached hydrogen (secondary N) is 1. The summed E-state index contributed by atoms with van der Waals surface area (Å²) in [5, 5.41) is 0. The fourth-order valence-corrected chi connectivity index (χ4v) is 1.90. The molecule has 0 spiro atoms. The molecule has 1 aliphatic heterocycles. The van der Waals surface area contributed by atoms with Gasteiger partial charge in [0.25, 0.3) is 0 Å². The first-order chi connectivity index (χ1) is 7.24. The van der Waals surface area contributed by atoms with Crippen molar-refractivity contribution in [1.29, 1.82) is 0 Å². The summed E-state index contributed by atoms with van der Waals surface area (Å²) < 4.78 is 0. The number of nitrogens with zero attached hydrogens (tertiary/aromatic N) is 2. The van der Waals surface area contributed by atoms with E-state index in [2.05, 4.69) is 9.97 Å². The van der Waals surface area contributed by atoms with Gasteiger partial charge in [0.05, 0.1) is 6.04 Å². The van der Waals surface area contributed by atoms with Crippen LogP contribution < -0.4 is 0 Å². The summed E-state index contributed by atoms with van der Waals surface area (Å²) >= 11 is 0. The number of rotatable bonds is 3. The standard InChI is InChI=1S/C10H13N3O2/c1-2-7(10-11-5-6-12-10)13-8(14)3-4-9(13)15/h5-7H,2-4H2,1H3,(H,11,12). The van der Waals surface area contributed by atoms with E-state index < -0.39 is 0 Å². The Morgan fingerprint density at radius 3 is 2.60 bits per heavy atom. The Balaban J connectivity index is 2.27. The molecule has 1 aromatic rings. The lowest BCUT2D eigenvalue weighted by Crippen LogP contribution is -2.33. The molecule has 2 heterocycles. The van der Waals surface area contributed by atoms with E-state index in [1.165, 1.54) is 4.90 Å². The molecule has 1 unspecified atom stereocenters. The van der Waals surface area contributed by atoms with Crippen LogP contribution in [0.1, 0.15) is 38.1 Å². The number of hydrogen-bond acceptors (Lipinski definition) is 3. The first-order valence-electron chi connectivity index (χ1n) is 5.08. The van der Waals surface area contributed by atoms with Gasteiger partial charge in [-0.2, -0.15) is 0 Å². The monoisotopic (exact) mass is 207 g/mol. The van der Waals surface area contributed by atoms with Gasteiger partial charge < -0.3 is 4.98 Å². The number of likely N-dealkylation sites (tertiary alicyclic amines) is 1. The van der Waals surface area contributed by atoms with Gasteiger partial charge in [0.1, 0.15) is 5.82 Å². The quantitative estimate of drug-likeness (QED) is 0.752. The molecule has 0 aromatic carbocycles. The Morgan fingerprint density at radius 1 is 1.47 bits per heavy atom. The molecule has 1 N–H and O–H groups in total. The van der Waals surface area contributed by atoms with Gasteiger partial charge in [0.2, 0.25) is 11.8 Å². The second-order valence-corrected chi connectivity index (χ2v) is 3.56. The number of aromatic amines is 1. The van der Waals surface area contributed by atoms with Crippen LogP contribution in [0.15, 0.2) is 12.4 Å². The second kappa shape index (κ2) is 3.84. The molecule has 2 amide bonds. The molecule has 1 fully saturated rings. The molecule has 0 bridgehead atoms. The fraction of sp³-hybridized carbons (Fsp3) is 0.500. The summed E-state index contributed by atoms with van der Waals surface area (Å²) in [6.07, 6.45) is 4.67. The van der Waals surface area contributed by atoms with E-state index >= 15 is 0 Å². The molecule has 0 radical (unpaired) electrons. The molecule has 2 rings (SSSR count). The van der Waals surface area contributed by atoms with Crippen molar-refractivity contribution < 1.29 is 9.59 Å². The van der Waals surface area contributed by atoms with E-state index in [4.69, 9.17) is 0 Å². The minimum atomic E-state index is -0.234. The van der Waals surface area contributed by atoms with Crippen molar-refractivity contribution in [2.45, 2.75) is 32.2 Å². The molecule has 0 saturated carbocycles. The van der Waals surface area contributed by atoms with Gasteiger partial charge in [0, 0.05) is 25.2 Å². The van der Waals surface area contributed by atoms with E-state index in [1.54, 1.807) is 12.4 Å². The number of H-pyrrole nitrogens is 1. The first kappa shape index (κ1) is 9.89. The summed E-state index contributed by atoms with van der Waals surface area (Å²) in [5.41, 5.74) is 0. The SMILES string of the molecule is CCC(c1ncc[nH]1)N1C(=O)CCC1=O. The van der Waals surface area contributed by atoms with Gasteiger partial charge >= 0.3 is 0 Å². The van der Waals surface area contributed by atoms with E-state index in [0.717, 1.165) is 0 Å². The second-order valence-electron chi connectivity index (χ2n) is 3.56. The summed E-state index contributed by atoms with van der Waals surface area (Å²) in [4.78, 5) is 31.5. The predicted molar refractivity (Wildman–Crippen MR) is 52.7 cm³/mol. The zero-order chi connectivity index (χ0) is 10.8. The third kappa shape index (κ3) is 1.65. The van der Waals surface area contributed by atoms with Crippen molar-refractivity contribution in [2.75, 3.05) is 0 Å². The van der Waals surface area contributed by atoms with Crippen LogP contribution in [0.4, 0.5) is 0 Å². The molecular formula is C10H13N3O2. The highest BCUT2D eigenvalue weighted by atomic mass is 16.2. The molecule has 0 aliphatic carbocycles. The molecular weight excluding hydrogens is 194 g/mol. The largest absolute Gasteiger partial charge is 0.347 e. The van der Waals surface area contributed by atoms with E-state index in [1.807, 2.05) is 6.92 Å². The average molecular weight is 207 g/mol. The van der Waals surface area contributed by atoms with Gasteiger partial charge in [-0.3, -0.25) is 14.5 Å². The Morgan fingerprint density at radius 2 is 2.13 bits per heavy atom. The van der Waals surface area contributed by atoms with Gasteiger partial charge in [-0.15, -0.1) is 0 Å². The van der Waals surface area contributed by atoms with Crippen LogP contribution >= 0.6 is 0 Å².